The first kappa shape index (κ1) is 16.3. The van der Waals surface area contributed by atoms with Gasteiger partial charge < -0.3 is 0 Å². The van der Waals surface area contributed by atoms with Crippen LogP contribution in [-0.2, 0) is 0 Å². The summed E-state index contributed by atoms with van der Waals surface area (Å²) in [5, 5.41) is 5.15. The average Bonchev–Trinajstić information content (AvgIpc) is 2.73. The Balaban J connectivity index is 1.92. The maximum Gasteiger partial charge on any atom is 0.0175 e. The lowest BCUT2D eigenvalue weighted by atomic mass is 9.89. The molecule has 0 atom stereocenters. The molecule has 0 aliphatic heterocycles. The summed E-state index contributed by atoms with van der Waals surface area (Å²) in [4.78, 5) is 0. The second kappa shape index (κ2) is 6.68. The molecule has 0 saturated carbocycles. The summed E-state index contributed by atoms with van der Waals surface area (Å²) in [6.45, 7) is 0. The Morgan fingerprint density at radius 1 is 0.481 bits per heavy atom. The third kappa shape index (κ3) is 2.85. The molecule has 0 bridgehead atoms. The first-order chi connectivity index (χ1) is 13.3. The number of halogens is 1. The molecule has 0 saturated heterocycles. The molecule has 0 fully saturated rings. The topological polar surface area (TPSA) is 0 Å². The fourth-order valence-corrected chi connectivity index (χ4v) is 4.15. The lowest BCUT2D eigenvalue weighted by Crippen LogP contribution is -1.88. The van der Waals surface area contributed by atoms with E-state index in [2.05, 4.69) is 119 Å². The van der Waals surface area contributed by atoms with E-state index in [0.717, 1.165) is 4.47 Å². The summed E-state index contributed by atoms with van der Waals surface area (Å²) in [5.41, 5.74) is 5.07. The predicted octanol–water partition coefficient (Wildman–Crippen LogP) is 8.09. The van der Waals surface area contributed by atoms with E-state index in [-0.39, 0.29) is 0 Å². The van der Waals surface area contributed by atoms with Gasteiger partial charge in [0.2, 0.25) is 0 Å². The molecule has 0 unspecified atom stereocenters. The Morgan fingerprint density at radius 3 is 2.00 bits per heavy atom. The van der Waals surface area contributed by atoms with Crippen molar-refractivity contribution < 1.29 is 0 Å². The van der Waals surface area contributed by atoms with Crippen molar-refractivity contribution >= 4 is 37.5 Å². The highest BCUT2D eigenvalue weighted by Gasteiger charge is 2.12. The van der Waals surface area contributed by atoms with Gasteiger partial charge in [0, 0.05) is 4.47 Å². The van der Waals surface area contributed by atoms with E-state index in [0.29, 0.717) is 0 Å². The zero-order chi connectivity index (χ0) is 18.2. The predicted molar refractivity (Wildman–Crippen MR) is 120 cm³/mol. The maximum absolute atomic E-state index is 3.54. The summed E-state index contributed by atoms with van der Waals surface area (Å²) in [5.74, 6) is 0. The van der Waals surface area contributed by atoms with Gasteiger partial charge in [-0.25, -0.2) is 0 Å². The number of benzene rings is 5. The maximum atomic E-state index is 3.54. The molecule has 27 heavy (non-hydrogen) atoms. The first-order valence-corrected chi connectivity index (χ1v) is 9.86. The molecule has 5 aromatic carbocycles. The molecule has 5 rings (SSSR count). The molecule has 0 heterocycles. The molecular weight excluding hydrogens is 392 g/mol. The summed E-state index contributed by atoms with van der Waals surface area (Å²) in [6.07, 6.45) is 0. The van der Waals surface area contributed by atoms with Crippen molar-refractivity contribution in [2.75, 3.05) is 0 Å². The summed E-state index contributed by atoms with van der Waals surface area (Å²) in [6, 6.07) is 36.9. The lowest BCUT2D eigenvalue weighted by Gasteiger charge is -2.15. The monoisotopic (exact) mass is 408 g/mol. The smallest absolute Gasteiger partial charge is 0.0175 e. The van der Waals surface area contributed by atoms with Crippen molar-refractivity contribution in [3.8, 4) is 22.3 Å². The zero-order valence-corrected chi connectivity index (χ0v) is 16.3. The van der Waals surface area contributed by atoms with Crippen LogP contribution in [0.1, 0.15) is 0 Å². The van der Waals surface area contributed by atoms with Crippen LogP contribution < -0.4 is 0 Å². The lowest BCUT2D eigenvalue weighted by molar-refractivity contribution is 1.62. The number of hydrogen-bond donors (Lipinski definition) is 0. The van der Waals surface area contributed by atoms with E-state index < -0.39 is 0 Å². The van der Waals surface area contributed by atoms with Crippen LogP contribution in [0.15, 0.2) is 108 Å². The Bertz CT molecular complexity index is 1250. The van der Waals surface area contributed by atoms with Gasteiger partial charge in [0.1, 0.15) is 0 Å². The molecular formula is C26H17Br. The largest absolute Gasteiger partial charge is 0.0622 e. The van der Waals surface area contributed by atoms with Crippen LogP contribution in [0.3, 0.4) is 0 Å². The van der Waals surface area contributed by atoms with Gasteiger partial charge in [-0.15, -0.1) is 0 Å². The Labute approximate surface area is 167 Å². The number of rotatable bonds is 2. The molecule has 0 amide bonds. The third-order valence-electron chi connectivity index (χ3n) is 5.12. The molecule has 0 nitrogen and oxygen atoms in total. The molecule has 0 aromatic heterocycles. The van der Waals surface area contributed by atoms with Gasteiger partial charge in [0.25, 0.3) is 0 Å². The quantitative estimate of drug-likeness (QED) is 0.259. The second-order valence-corrected chi connectivity index (χ2v) is 7.66. The van der Waals surface area contributed by atoms with E-state index >= 15 is 0 Å². The highest BCUT2D eigenvalue weighted by atomic mass is 79.9. The van der Waals surface area contributed by atoms with Gasteiger partial charge in [-0.05, 0) is 62.0 Å². The molecule has 0 spiro atoms. The van der Waals surface area contributed by atoms with Crippen LogP contribution in [0.4, 0.5) is 0 Å². The van der Waals surface area contributed by atoms with Crippen molar-refractivity contribution in [2.45, 2.75) is 0 Å². The minimum absolute atomic E-state index is 1.10. The van der Waals surface area contributed by atoms with E-state index in [9.17, 15) is 0 Å². The van der Waals surface area contributed by atoms with Crippen molar-refractivity contribution in [1.29, 1.82) is 0 Å². The Morgan fingerprint density at radius 2 is 1.19 bits per heavy atom. The molecule has 128 valence electrons. The number of hydrogen-bond acceptors (Lipinski definition) is 0. The van der Waals surface area contributed by atoms with Crippen LogP contribution in [0.5, 0.6) is 0 Å². The SMILES string of the molecule is Brc1ccc(-c2cccc3c(-c4ccccc4)c4ccccc4cc23)cc1. The zero-order valence-electron chi connectivity index (χ0n) is 14.7. The van der Waals surface area contributed by atoms with Gasteiger partial charge in [-0.1, -0.05) is 101 Å². The molecule has 0 N–H and O–H groups in total. The van der Waals surface area contributed by atoms with Gasteiger partial charge in [-0.3, -0.25) is 0 Å². The molecule has 5 aromatic rings. The van der Waals surface area contributed by atoms with Gasteiger partial charge in [0.05, 0.1) is 0 Å². The fraction of sp³-hybridized carbons (Fsp3) is 0. The van der Waals surface area contributed by atoms with Crippen molar-refractivity contribution in [1.82, 2.24) is 0 Å². The van der Waals surface area contributed by atoms with Crippen molar-refractivity contribution in [3.63, 3.8) is 0 Å². The number of fused-ring (bicyclic) bond motifs is 2. The van der Waals surface area contributed by atoms with E-state index in [1.54, 1.807) is 0 Å². The fourth-order valence-electron chi connectivity index (χ4n) is 3.89. The molecule has 0 aliphatic carbocycles. The first-order valence-electron chi connectivity index (χ1n) is 9.07. The van der Waals surface area contributed by atoms with Gasteiger partial charge >= 0.3 is 0 Å². The summed E-state index contributed by atoms with van der Waals surface area (Å²) in [7, 11) is 0. The third-order valence-corrected chi connectivity index (χ3v) is 5.65. The van der Waals surface area contributed by atoms with Crippen LogP contribution in [-0.4, -0.2) is 0 Å². The van der Waals surface area contributed by atoms with Crippen LogP contribution in [0.25, 0.3) is 43.8 Å². The Hall–Kier alpha value is -2.90. The molecule has 0 aliphatic rings. The minimum atomic E-state index is 1.10. The highest BCUT2D eigenvalue weighted by molar-refractivity contribution is 9.10. The second-order valence-electron chi connectivity index (χ2n) is 6.75. The van der Waals surface area contributed by atoms with E-state index in [4.69, 9.17) is 0 Å². The van der Waals surface area contributed by atoms with Gasteiger partial charge in [-0.2, -0.15) is 0 Å². The summed E-state index contributed by atoms with van der Waals surface area (Å²) >= 11 is 3.54. The van der Waals surface area contributed by atoms with E-state index in [1.807, 2.05) is 0 Å². The molecule has 0 radical (unpaired) electrons. The normalized spacial score (nSPS) is 11.1. The highest BCUT2D eigenvalue weighted by Crippen LogP contribution is 2.40. The average molecular weight is 409 g/mol. The van der Waals surface area contributed by atoms with Crippen molar-refractivity contribution in [2.24, 2.45) is 0 Å². The van der Waals surface area contributed by atoms with E-state index in [1.165, 1.54) is 43.8 Å². The summed E-state index contributed by atoms with van der Waals surface area (Å²) < 4.78 is 1.10. The van der Waals surface area contributed by atoms with Gasteiger partial charge in [0.15, 0.2) is 0 Å². The van der Waals surface area contributed by atoms with Crippen LogP contribution in [0, 0.1) is 0 Å². The standard InChI is InChI=1S/C26H17Br/c27-21-15-13-18(14-16-21)22-11-6-12-24-25(22)17-20-9-4-5-10-23(20)26(24)19-7-2-1-3-8-19/h1-17H. The minimum Gasteiger partial charge on any atom is -0.0622 e. The molecule has 1 heteroatoms. The van der Waals surface area contributed by atoms with Crippen LogP contribution in [0.2, 0.25) is 0 Å². The van der Waals surface area contributed by atoms with Crippen LogP contribution >= 0.6 is 15.9 Å². The Kier molecular flexibility index (Phi) is 4.03. The van der Waals surface area contributed by atoms with Crippen molar-refractivity contribution in [3.05, 3.63) is 108 Å².